The normalized spacial score (nSPS) is 23.7. The highest BCUT2D eigenvalue weighted by molar-refractivity contribution is 5.92. The third kappa shape index (κ3) is 5.68. The van der Waals surface area contributed by atoms with Crippen LogP contribution in [0.15, 0.2) is 24.3 Å². The van der Waals surface area contributed by atoms with Crippen molar-refractivity contribution in [2.45, 2.75) is 45.4 Å². The van der Waals surface area contributed by atoms with Gasteiger partial charge in [0.2, 0.25) is 5.91 Å². The minimum Gasteiger partial charge on any atom is -0.338 e. The van der Waals surface area contributed by atoms with Crippen molar-refractivity contribution >= 4 is 17.6 Å². The number of anilines is 1. The number of carbonyl (C=O) groups excluding carboxylic acids is 2. The standard InChI is InChI=1S/C21H30FN3O2/c1-15-5-7-16(8-6-15)14-23-21(27)25-11-9-17(10-12-25)20(26)24-19-4-2-3-18(22)13-19/h2-4,13,15-17H,5-12,14H2,1H3,(H,23,27)(H,24,26). The predicted molar refractivity (Wildman–Crippen MR) is 104 cm³/mol. The van der Waals surface area contributed by atoms with Crippen molar-refractivity contribution in [3.05, 3.63) is 30.1 Å². The fraction of sp³-hybridized carbons (Fsp3) is 0.619. The Balaban J connectivity index is 1.39. The Labute approximate surface area is 160 Å². The van der Waals surface area contributed by atoms with Crippen molar-refractivity contribution in [1.29, 1.82) is 0 Å². The fourth-order valence-electron chi connectivity index (χ4n) is 4.03. The average Bonchev–Trinajstić information content (AvgIpc) is 2.67. The number of carbonyl (C=O) groups is 2. The smallest absolute Gasteiger partial charge is 0.317 e. The van der Waals surface area contributed by atoms with Crippen LogP contribution in [-0.4, -0.2) is 36.5 Å². The summed E-state index contributed by atoms with van der Waals surface area (Å²) >= 11 is 0. The van der Waals surface area contributed by atoms with Crippen LogP contribution in [0.25, 0.3) is 0 Å². The van der Waals surface area contributed by atoms with E-state index in [4.69, 9.17) is 0 Å². The van der Waals surface area contributed by atoms with Gasteiger partial charge in [-0.05, 0) is 55.7 Å². The number of amides is 3. The maximum Gasteiger partial charge on any atom is 0.317 e. The number of piperidine rings is 1. The zero-order valence-electron chi connectivity index (χ0n) is 16.0. The summed E-state index contributed by atoms with van der Waals surface area (Å²) in [6, 6.07) is 5.89. The van der Waals surface area contributed by atoms with E-state index >= 15 is 0 Å². The first-order chi connectivity index (χ1) is 13.0. The first-order valence-corrected chi connectivity index (χ1v) is 10.1. The molecule has 1 heterocycles. The largest absolute Gasteiger partial charge is 0.338 e. The number of hydrogen-bond acceptors (Lipinski definition) is 2. The molecule has 2 N–H and O–H groups in total. The van der Waals surface area contributed by atoms with Gasteiger partial charge < -0.3 is 15.5 Å². The molecule has 0 unspecified atom stereocenters. The van der Waals surface area contributed by atoms with Gasteiger partial charge in [-0.2, -0.15) is 0 Å². The highest BCUT2D eigenvalue weighted by Gasteiger charge is 2.28. The van der Waals surface area contributed by atoms with Crippen molar-refractivity contribution in [2.75, 3.05) is 25.0 Å². The summed E-state index contributed by atoms with van der Waals surface area (Å²) in [6.07, 6.45) is 6.18. The molecule has 6 heteroatoms. The Morgan fingerprint density at radius 1 is 1.11 bits per heavy atom. The van der Waals surface area contributed by atoms with Crippen molar-refractivity contribution in [2.24, 2.45) is 17.8 Å². The molecule has 3 rings (SSSR count). The van der Waals surface area contributed by atoms with E-state index in [1.807, 2.05) is 0 Å². The van der Waals surface area contributed by atoms with Gasteiger partial charge >= 0.3 is 6.03 Å². The summed E-state index contributed by atoms with van der Waals surface area (Å²) < 4.78 is 13.2. The minimum absolute atomic E-state index is 0.0161. The number of likely N-dealkylation sites (tertiary alicyclic amines) is 1. The second-order valence-electron chi connectivity index (χ2n) is 8.07. The number of benzene rings is 1. The van der Waals surface area contributed by atoms with Crippen LogP contribution in [0, 0.1) is 23.6 Å². The molecular formula is C21H30FN3O2. The van der Waals surface area contributed by atoms with E-state index in [0.29, 0.717) is 37.5 Å². The Kier molecular flexibility index (Phi) is 6.69. The molecule has 0 spiro atoms. The molecule has 2 aliphatic rings. The lowest BCUT2D eigenvalue weighted by Crippen LogP contribution is -2.47. The average molecular weight is 375 g/mol. The highest BCUT2D eigenvalue weighted by atomic mass is 19.1. The van der Waals surface area contributed by atoms with Gasteiger partial charge in [0, 0.05) is 31.2 Å². The van der Waals surface area contributed by atoms with Crippen LogP contribution in [0.2, 0.25) is 0 Å². The van der Waals surface area contributed by atoms with Crippen molar-refractivity contribution in [3.63, 3.8) is 0 Å². The molecule has 0 radical (unpaired) electrons. The maximum atomic E-state index is 13.2. The van der Waals surface area contributed by atoms with E-state index in [1.54, 1.807) is 17.0 Å². The van der Waals surface area contributed by atoms with Gasteiger partial charge in [-0.25, -0.2) is 9.18 Å². The summed E-state index contributed by atoms with van der Waals surface area (Å²) in [4.78, 5) is 26.5. The van der Waals surface area contributed by atoms with Crippen LogP contribution in [-0.2, 0) is 4.79 Å². The van der Waals surface area contributed by atoms with E-state index < -0.39 is 0 Å². The van der Waals surface area contributed by atoms with Crippen LogP contribution in [0.5, 0.6) is 0 Å². The molecule has 1 saturated heterocycles. The second kappa shape index (κ2) is 9.20. The SMILES string of the molecule is CC1CCC(CNC(=O)N2CCC(C(=O)Nc3cccc(F)c3)CC2)CC1. The van der Waals surface area contributed by atoms with Gasteiger partial charge in [-0.3, -0.25) is 4.79 Å². The number of halogens is 1. The molecule has 1 aliphatic heterocycles. The lowest BCUT2D eigenvalue weighted by atomic mass is 9.83. The zero-order valence-corrected chi connectivity index (χ0v) is 16.0. The molecule has 3 amide bonds. The molecule has 0 aromatic heterocycles. The Morgan fingerprint density at radius 3 is 2.48 bits per heavy atom. The van der Waals surface area contributed by atoms with Crippen LogP contribution >= 0.6 is 0 Å². The third-order valence-electron chi connectivity index (χ3n) is 5.92. The van der Waals surface area contributed by atoms with Crippen LogP contribution in [0.3, 0.4) is 0 Å². The third-order valence-corrected chi connectivity index (χ3v) is 5.92. The van der Waals surface area contributed by atoms with Gasteiger partial charge in [-0.15, -0.1) is 0 Å². The first-order valence-electron chi connectivity index (χ1n) is 10.1. The van der Waals surface area contributed by atoms with Crippen LogP contribution in [0.1, 0.15) is 45.4 Å². The highest BCUT2D eigenvalue weighted by Crippen LogP contribution is 2.27. The van der Waals surface area contributed by atoms with E-state index in [-0.39, 0.29) is 23.7 Å². The fourth-order valence-corrected chi connectivity index (χ4v) is 4.03. The van der Waals surface area contributed by atoms with Gasteiger partial charge in [0.05, 0.1) is 0 Å². The lowest BCUT2D eigenvalue weighted by Gasteiger charge is -2.32. The summed E-state index contributed by atoms with van der Waals surface area (Å²) in [6.45, 7) is 4.21. The summed E-state index contributed by atoms with van der Waals surface area (Å²) in [5, 5.41) is 5.84. The molecule has 27 heavy (non-hydrogen) atoms. The van der Waals surface area contributed by atoms with E-state index in [9.17, 15) is 14.0 Å². The van der Waals surface area contributed by atoms with Gasteiger partial charge in [0.1, 0.15) is 5.82 Å². The van der Waals surface area contributed by atoms with Crippen molar-refractivity contribution in [3.8, 4) is 0 Å². The van der Waals surface area contributed by atoms with Crippen molar-refractivity contribution in [1.82, 2.24) is 10.2 Å². The summed E-state index contributed by atoms with van der Waals surface area (Å²) in [5.41, 5.74) is 0.474. The predicted octanol–water partition coefficient (Wildman–Crippen LogP) is 4.01. The molecule has 148 valence electrons. The van der Waals surface area contributed by atoms with E-state index in [1.165, 1.54) is 37.8 Å². The first kappa shape index (κ1) is 19.6. The molecule has 5 nitrogen and oxygen atoms in total. The molecular weight excluding hydrogens is 345 g/mol. The topological polar surface area (TPSA) is 61.4 Å². The Bertz CT molecular complexity index is 651. The van der Waals surface area contributed by atoms with Gasteiger partial charge in [0.15, 0.2) is 0 Å². The maximum absolute atomic E-state index is 13.2. The molecule has 0 bridgehead atoms. The molecule has 0 atom stereocenters. The summed E-state index contributed by atoms with van der Waals surface area (Å²) in [7, 11) is 0. The molecule has 1 aromatic rings. The quantitative estimate of drug-likeness (QED) is 0.835. The van der Waals surface area contributed by atoms with Crippen LogP contribution in [0.4, 0.5) is 14.9 Å². The Hall–Kier alpha value is -2.11. The Morgan fingerprint density at radius 2 is 1.81 bits per heavy atom. The minimum atomic E-state index is -0.369. The zero-order chi connectivity index (χ0) is 19.2. The monoisotopic (exact) mass is 375 g/mol. The second-order valence-corrected chi connectivity index (χ2v) is 8.07. The van der Waals surface area contributed by atoms with Gasteiger partial charge in [0.25, 0.3) is 0 Å². The van der Waals surface area contributed by atoms with Gasteiger partial charge in [-0.1, -0.05) is 25.8 Å². The number of rotatable bonds is 4. The van der Waals surface area contributed by atoms with E-state index in [0.717, 1.165) is 12.5 Å². The number of nitrogens with zero attached hydrogens (tertiary/aromatic N) is 1. The molecule has 1 aliphatic carbocycles. The van der Waals surface area contributed by atoms with E-state index in [2.05, 4.69) is 17.6 Å². The lowest BCUT2D eigenvalue weighted by molar-refractivity contribution is -0.121. The van der Waals surface area contributed by atoms with Crippen LogP contribution < -0.4 is 10.6 Å². The number of nitrogens with one attached hydrogen (secondary N) is 2. The number of urea groups is 1. The molecule has 1 saturated carbocycles. The van der Waals surface area contributed by atoms with Crippen molar-refractivity contribution < 1.29 is 14.0 Å². The molecule has 1 aromatic carbocycles. The molecule has 2 fully saturated rings. The number of hydrogen-bond donors (Lipinski definition) is 2. The summed E-state index contributed by atoms with van der Waals surface area (Å²) in [5.74, 6) is 0.801.